The zero-order valence-corrected chi connectivity index (χ0v) is 18.1. The summed E-state index contributed by atoms with van der Waals surface area (Å²) in [5.41, 5.74) is -4.64. The lowest BCUT2D eigenvalue weighted by atomic mass is 9.90. The second kappa shape index (κ2) is 8.67. The summed E-state index contributed by atoms with van der Waals surface area (Å²) in [7, 11) is 1.42. The van der Waals surface area contributed by atoms with Crippen molar-refractivity contribution in [1.29, 1.82) is 0 Å². The van der Waals surface area contributed by atoms with Crippen LogP contribution in [0.1, 0.15) is 35.3 Å². The number of benzene rings is 2. The normalized spacial score (nSPS) is 20.0. The van der Waals surface area contributed by atoms with Crippen molar-refractivity contribution >= 4 is 15.1 Å². The van der Waals surface area contributed by atoms with Gasteiger partial charge in [0.25, 0.3) is 11.6 Å². The monoisotopic (exact) mass is 437 g/mol. The molecule has 1 aliphatic carbocycles. The molecule has 1 heterocycles. The maximum Gasteiger partial charge on any atom is 0.295 e. The molecule has 1 aliphatic heterocycles. The van der Waals surface area contributed by atoms with Gasteiger partial charge in [-0.25, -0.2) is 0 Å². The number of nitrogens with zero attached hydrogens (tertiary/aromatic N) is 1. The molecule has 1 fully saturated rings. The van der Waals surface area contributed by atoms with Crippen molar-refractivity contribution in [3.8, 4) is 11.1 Å². The van der Waals surface area contributed by atoms with Crippen LogP contribution in [0.2, 0.25) is 0 Å². The van der Waals surface area contributed by atoms with Crippen molar-refractivity contribution in [1.82, 2.24) is 4.90 Å². The lowest BCUT2D eigenvalue weighted by Crippen LogP contribution is -2.55. The summed E-state index contributed by atoms with van der Waals surface area (Å²) >= 11 is 0. The minimum Gasteiger partial charge on any atom is -0.394 e. The zero-order valence-electron chi connectivity index (χ0n) is 16.9. The largest absolute Gasteiger partial charge is 0.394 e. The zero-order chi connectivity index (χ0) is 22.1. The van der Waals surface area contributed by atoms with E-state index >= 15 is 0 Å². The summed E-state index contributed by atoms with van der Waals surface area (Å²) in [4.78, 5) is 14.3. The van der Waals surface area contributed by atoms with Crippen molar-refractivity contribution in [2.75, 3.05) is 26.3 Å². The lowest BCUT2D eigenvalue weighted by molar-refractivity contribution is -0.0964. The molecule has 5 nitrogen and oxygen atoms in total. The Bertz CT molecular complexity index is 928. The third-order valence-electron chi connectivity index (χ3n) is 5.33. The van der Waals surface area contributed by atoms with Gasteiger partial charge in [-0.05, 0) is 23.3 Å². The van der Waals surface area contributed by atoms with Crippen LogP contribution in [0.15, 0.2) is 42.5 Å². The Balaban J connectivity index is 0.00000124. The number of aliphatic hydroxyl groups excluding tert-OH is 1. The van der Waals surface area contributed by atoms with Gasteiger partial charge in [0.15, 0.2) is 5.60 Å². The van der Waals surface area contributed by atoms with E-state index in [0.29, 0.717) is 24.2 Å². The van der Waals surface area contributed by atoms with Crippen LogP contribution < -0.4 is 0 Å². The first-order valence-electron chi connectivity index (χ1n) is 9.92. The number of hydrogen-bond donors (Lipinski definition) is 2. The minimum atomic E-state index is -3.52. The molecule has 1 amide bonds. The number of rotatable bonds is 5. The highest BCUT2D eigenvalue weighted by atomic mass is 31.0. The van der Waals surface area contributed by atoms with Gasteiger partial charge in [-0.15, -0.1) is 0 Å². The number of halogens is 2. The Labute approximate surface area is 176 Å². The molecule has 2 aromatic carbocycles. The van der Waals surface area contributed by atoms with Crippen LogP contribution in [-0.2, 0) is 10.3 Å². The second-order valence-electron chi connectivity index (χ2n) is 7.07. The van der Waals surface area contributed by atoms with Crippen LogP contribution in [0.5, 0.6) is 0 Å². The molecule has 8 heteroatoms. The highest BCUT2D eigenvalue weighted by molar-refractivity contribution is 7.18. The number of alkyl halides is 2. The number of hydrogen-bond acceptors (Lipinski definition) is 4. The van der Waals surface area contributed by atoms with E-state index in [4.69, 9.17) is 9.84 Å². The first-order chi connectivity index (χ1) is 14.3. The van der Waals surface area contributed by atoms with Gasteiger partial charge < -0.3 is 19.8 Å². The number of aliphatic hydroxyl groups is 2. The predicted molar refractivity (Wildman–Crippen MR) is 114 cm³/mol. The summed E-state index contributed by atoms with van der Waals surface area (Å²) in [5, 5.41) is 19.8. The Hall–Kier alpha value is -1.92. The third-order valence-corrected chi connectivity index (χ3v) is 5.74. The van der Waals surface area contributed by atoms with Crippen LogP contribution in [0.4, 0.5) is 8.78 Å². The molecule has 0 aromatic heterocycles. The lowest BCUT2D eigenvalue weighted by Gasteiger charge is -2.39. The van der Waals surface area contributed by atoms with Crippen LogP contribution in [0.25, 0.3) is 11.1 Å². The molecular formula is C22H26F2NO4P. The van der Waals surface area contributed by atoms with Crippen molar-refractivity contribution in [2.24, 2.45) is 0 Å². The predicted octanol–water partition coefficient (Wildman–Crippen LogP) is 3.23. The smallest absolute Gasteiger partial charge is 0.295 e. The molecule has 0 spiro atoms. The highest BCUT2D eigenvalue weighted by Crippen LogP contribution is 2.56. The van der Waals surface area contributed by atoms with Gasteiger partial charge in [0, 0.05) is 29.8 Å². The maximum atomic E-state index is 14.5. The molecule has 0 bridgehead atoms. The van der Waals surface area contributed by atoms with E-state index in [1.165, 1.54) is 21.4 Å². The van der Waals surface area contributed by atoms with E-state index < -0.39 is 11.3 Å². The van der Waals surface area contributed by atoms with Gasteiger partial charge in [0.05, 0.1) is 19.3 Å². The van der Waals surface area contributed by atoms with E-state index in [0.717, 1.165) is 0 Å². The van der Waals surface area contributed by atoms with E-state index in [-0.39, 0.29) is 41.9 Å². The molecule has 2 aromatic rings. The molecule has 0 radical (unpaired) electrons. The number of carbonyl (C=O) groups is 1. The Kier molecular flexibility index (Phi) is 6.58. The fourth-order valence-electron chi connectivity index (χ4n) is 3.86. The Morgan fingerprint density at radius 3 is 2.47 bits per heavy atom. The molecule has 2 atom stereocenters. The summed E-state index contributed by atoms with van der Waals surface area (Å²) in [5.74, 6) is -0.308. The highest BCUT2D eigenvalue weighted by Gasteiger charge is 2.57. The first-order valence-corrected chi connectivity index (χ1v) is 10.5. The fourth-order valence-corrected chi connectivity index (χ4v) is 4.17. The summed E-state index contributed by atoms with van der Waals surface area (Å²) < 4.78 is 34.3. The number of likely N-dealkylation sites (tertiary alicyclic amines) is 1. The summed E-state index contributed by atoms with van der Waals surface area (Å²) in [6.07, 6.45) is -0.136. The van der Waals surface area contributed by atoms with Gasteiger partial charge in [-0.3, -0.25) is 4.79 Å². The molecule has 2 N–H and O–H groups in total. The Morgan fingerprint density at radius 2 is 1.83 bits per heavy atom. The van der Waals surface area contributed by atoms with Crippen LogP contribution in [0.3, 0.4) is 0 Å². The SMILES string of the molecule is CC.O=C(c1ccc2c(c1)C(O)(C(F)(F)P)c1ccccc1-2)N1CC(OCCO)C1. The van der Waals surface area contributed by atoms with Gasteiger partial charge in [0.2, 0.25) is 0 Å². The van der Waals surface area contributed by atoms with E-state index in [9.17, 15) is 18.7 Å². The standard InChI is InChI=1S/C20H20F2NO4P.C2H6/c21-20(22,28)19(26)16-4-2-1-3-14(16)15-6-5-12(9-17(15)19)18(25)23-10-13(11-23)27-8-7-24;1-2/h1-6,9,13,24,26H,7-8,10-11,28H2;1-2H3. The van der Waals surface area contributed by atoms with Crippen LogP contribution >= 0.6 is 9.24 Å². The van der Waals surface area contributed by atoms with Gasteiger partial charge in [-0.1, -0.05) is 53.4 Å². The average molecular weight is 437 g/mol. The van der Waals surface area contributed by atoms with Crippen LogP contribution in [0, 0.1) is 0 Å². The number of carbonyl (C=O) groups excluding carboxylic acids is 1. The van der Waals surface area contributed by atoms with Crippen LogP contribution in [-0.4, -0.2) is 59.1 Å². The molecule has 0 saturated carbocycles. The van der Waals surface area contributed by atoms with E-state index in [1.807, 2.05) is 13.8 Å². The molecule has 4 rings (SSSR count). The van der Waals surface area contributed by atoms with Gasteiger partial charge >= 0.3 is 0 Å². The minimum absolute atomic E-state index is 0.0214. The van der Waals surface area contributed by atoms with Crippen molar-refractivity contribution in [2.45, 2.75) is 31.2 Å². The van der Waals surface area contributed by atoms with Crippen molar-refractivity contribution < 1.29 is 28.5 Å². The fraction of sp³-hybridized carbons (Fsp3) is 0.409. The molecule has 30 heavy (non-hydrogen) atoms. The number of ether oxygens (including phenoxy) is 1. The van der Waals surface area contributed by atoms with Gasteiger partial charge in [-0.2, -0.15) is 8.78 Å². The molecular weight excluding hydrogens is 411 g/mol. The van der Waals surface area contributed by atoms with E-state index in [1.54, 1.807) is 35.2 Å². The number of fused-ring (bicyclic) bond motifs is 3. The molecule has 2 aliphatic rings. The van der Waals surface area contributed by atoms with Crippen molar-refractivity contribution in [3.63, 3.8) is 0 Å². The first kappa shape index (κ1) is 22.8. The molecule has 2 unspecified atom stereocenters. The van der Waals surface area contributed by atoms with Gasteiger partial charge in [0.1, 0.15) is 0 Å². The third kappa shape index (κ3) is 3.65. The average Bonchev–Trinajstić information content (AvgIpc) is 2.98. The Morgan fingerprint density at radius 1 is 1.20 bits per heavy atom. The quantitative estimate of drug-likeness (QED) is 0.705. The summed E-state index contributed by atoms with van der Waals surface area (Å²) in [6, 6.07) is 11.0. The van der Waals surface area contributed by atoms with Crippen molar-refractivity contribution in [3.05, 3.63) is 59.2 Å². The summed E-state index contributed by atoms with van der Waals surface area (Å²) in [6.45, 7) is 4.87. The topological polar surface area (TPSA) is 70.0 Å². The molecule has 1 saturated heterocycles. The maximum absolute atomic E-state index is 14.5. The molecule has 162 valence electrons. The van der Waals surface area contributed by atoms with E-state index in [2.05, 4.69) is 0 Å². The number of amides is 1. The second-order valence-corrected chi connectivity index (χ2v) is 7.79.